The lowest BCUT2D eigenvalue weighted by molar-refractivity contribution is 0.0914. The van der Waals surface area contributed by atoms with Gasteiger partial charge in [-0.3, -0.25) is 4.79 Å². The van der Waals surface area contributed by atoms with Crippen LogP contribution < -0.4 is 0 Å². The summed E-state index contributed by atoms with van der Waals surface area (Å²) in [5.74, 6) is 0.666. The quantitative estimate of drug-likeness (QED) is 0.756. The molecule has 0 amide bonds. The minimum atomic E-state index is -0.172. The lowest BCUT2D eigenvalue weighted by atomic mass is 9.95. The Morgan fingerprint density at radius 1 is 1.11 bits per heavy atom. The molecule has 2 aromatic carbocycles. The summed E-state index contributed by atoms with van der Waals surface area (Å²) in [6.45, 7) is 0. The van der Waals surface area contributed by atoms with Crippen LogP contribution in [0.25, 0.3) is 0 Å². The molecule has 2 heteroatoms. The zero-order valence-electron chi connectivity index (χ0n) is 10.4. The van der Waals surface area contributed by atoms with Gasteiger partial charge in [-0.2, -0.15) is 0 Å². The van der Waals surface area contributed by atoms with Gasteiger partial charge in [-0.1, -0.05) is 48.0 Å². The van der Waals surface area contributed by atoms with Crippen LogP contribution in [0, 0.1) is 5.41 Å². The number of benzene rings is 2. The summed E-state index contributed by atoms with van der Waals surface area (Å²) in [7, 11) is 0. The van der Waals surface area contributed by atoms with E-state index in [1.54, 1.807) is 0 Å². The van der Waals surface area contributed by atoms with Crippen molar-refractivity contribution < 1.29 is 4.79 Å². The van der Waals surface area contributed by atoms with Crippen molar-refractivity contribution >= 4 is 17.4 Å². The second kappa shape index (κ2) is 3.71. The van der Waals surface area contributed by atoms with Gasteiger partial charge in [0.1, 0.15) is 0 Å². The molecule has 0 saturated heterocycles. The molecular weight excluding hydrogens is 256 g/mol. The number of ketones is 1. The highest BCUT2D eigenvalue weighted by atomic mass is 35.5. The van der Waals surface area contributed by atoms with Crippen molar-refractivity contribution in [3.8, 4) is 0 Å². The molecule has 2 atom stereocenters. The van der Waals surface area contributed by atoms with Crippen LogP contribution in [0.2, 0.25) is 5.02 Å². The monoisotopic (exact) mass is 268 g/mol. The van der Waals surface area contributed by atoms with Gasteiger partial charge in [0, 0.05) is 16.0 Å². The molecular formula is C17H13ClO. The van der Waals surface area contributed by atoms with E-state index >= 15 is 0 Å². The maximum Gasteiger partial charge on any atom is 0.170 e. The van der Waals surface area contributed by atoms with Gasteiger partial charge < -0.3 is 0 Å². The standard InChI is InChI=1S/C17H13ClO/c18-13-6-3-5-11(8-13)15-10-17(15)9-12-4-1-2-7-14(12)16(17)19/h1-8,15H,9-10H2/t15-,17-/m1/s1. The fourth-order valence-corrected chi connectivity index (χ4v) is 3.69. The molecule has 1 fully saturated rings. The fraction of sp³-hybridized carbons (Fsp3) is 0.235. The first-order valence-corrected chi connectivity index (χ1v) is 6.97. The summed E-state index contributed by atoms with van der Waals surface area (Å²) in [5.41, 5.74) is 3.16. The van der Waals surface area contributed by atoms with Crippen LogP contribution in [0.3, 0.4) is 0 Å². The largest absolute Gasteiger partial charge is 0.294 e. The highest BCUT2D eigenvalue weighted by Gasteiger charge is 2.63. The molecule has 1 spiro atoms. The zero-order chi connectivity index (χ0) is 13.0. The molecule has 1 saturated carbocycles. The van der Waals surface area contributed by atoms with Crippen LogP contribution in [0.15, 0.2) is 48.5 Å². The number of rotatable bonds is 1. The molecule has 0 N–H and O–H groups in total. The maximum atomic E-state index is 12.6. The van der Waals surface area contributed by atoms with Gasteiger partial charge in [0.2, 0.25) is 0 Å². The first-order chi connectivity index (χ1) is 9.21. The van der Waals surface area contributed by atoms with E-state index in [1.807, 2.05) is 36.4 Å². The number of fused-ring (bicyclic) bond motifs is 1. The van der Waals surface area contributed by atoms with Crippen LogP contribution in [0.5, 0.6) is 0 Å². The molecule has 0 heterocycles. The SMILES string of the molecule is O=C1c2ccccc2C[C@]12C[C@@H]2c1cccc(Cl)c1. The van der Waals surface area contributed by atoms with E-state index in [-0.39, 0.29) is 5.41 Å². The third-order valence-electron chi connectivity index (χ3n) is 4.55. The number of carbonyl (C=O) groups excluding carboxylic acids is 1. The second-order valence-electron chi connectivity index (χ2n) is 5.63. The van der Waals surface area contributed by atoms with Gasteiger partial charge in [-0.15, -0.1) is 0 Å². The van der Waals surface area contributed by atoms with E-state index < -0.39 is 0 Å². The minimum absolute atomic E-state index is 0.172. The van der Waals surface area contributed by atoms with Crippen LogP contribution in [0.4, 0.5) is 0 Å². The van der Waals surface area contributed by atoms with Crippen LogP contribution in [0.1, 0.15) is 33.8 Å². The van der Waals surface area contributed by atoms with Gasteiger partial charge in [0.25, 0.3) is 0 Å². The predicted molar refractivity (Wildman–Crippen MR) is 75.7 cm³/mol. The zero-order valence-corrected chi connectivity index (χ0v) is 11.2. The van der Waals surface area contributed by atoms with E-state index in [4.69, 9.17) is 11.6 Å². The summed E-state index contributed by atoms with van der Waals surface area (Å²) < 4.78 is 0. The molecule has 0 bridgehead atoms. The Hall–Kier alpha value is -1.60. The molecule has 2 aliphatic carbocycles. The summed E-state index contributed by atoms with van der Waals surface area (Å²) in [6.07, 6.45) is 1.85. The number of hydrogen-bond donors (Lipinski definition) is 0. The lowest BCUT2D eigenvalue weighted by Gasteiger charge is -2.07. The number of halogens is 1. The van der Waals surface area contributed by atoms with Gasteiger partial charge in [-0.05, 0) is 42.0 Å². The third-order valence-corrected chi connectivity index (χ3v) is 4.78. The average Bonchev–Trinajstić information content (AvgIpc) is 3.07. The molecule has 0 radical (unpaired) electrons. The Balaban J connectivity index is 1.72. The molecule has 0 aliphatic heterocycles. The van der Waals surface area contributed by atoms with Crippen molar-refractivity contribution in [2.24, 2.45) is 5.41 Å². The van der Waals surface area contributed by atoms with E-state index in [0.29, 0.717) is 11.7 Å². The first kappa shape index (κ1) is 11.2. The van der Waals surface area contributed by atoms with Gasteiger partial charge in [-0.25, -0.2) is 0 Å². The molecule has 4 rings (SSSR count). The predicted octanol–water partition coefficient (Wildman–Crippen LogP) is 4.25. The molecule has 2 aliphatic rings. The fourth-order valence-electron chi connectivity index (χ4n) is 3.50. The second-order valence-corrected chi connectivity index (χ2v) is 6.07. The normalized spacial score (nSPS) is 27.6. The van der Waals surface area contributed by atoms with E-state index in [2.05, 4.69) is 12.1 Å². The van der Waals surface area contributed by atoms with E-state index in [0.717, 1.165) is 23.4 Å². The molecule has 2 aromatic rings. The summed E-state index contributed by atoms with van der Waals surface area (Å²) >= 11 is 6.05. The Kier molecular flexibility index (Phi) is 2.19. The van der Waals surface area contributed by atoms with Gasteiger partial charge >= 0.3 is 0 Å². The van der Waals surface area contributed by atoms with Crippen LogP contribution >= 0.6 is 11.6 Å². The molecule has 0 unspecified atom stereocenters. The van der Waals surface area contributed by atoms with Crippen molar-refractivity contribution in [2.75, 3.05) is 0 Å². The van der Waals surface area contributed by atoms with E-state index in [9.17, 15) is 4.79 Å². The van der Waals surface area contributed by atoms with Crippen molar-refractivity contribution in [2.45, 2.75) is 18.8 Å². The smallest absolute Gasteiger partial charge is 0.170 e. The Morgan fingerprint density at radius 3 is 2.74 bits per heavy atom. The van der Waals surface area contributed by atoms with Crippen molar-refractivity contribution in [3.05, 3.63) is 70.2 Å². The number of Topliss-reactive ketones (excluding diaryl/α,β-unsaturated/α-hetero) is 1. The minimum Gasteiger partial charge on any atom is -0.294 e. The van der Waals surface area contributed by atoms with Crippen molar-refractivity contribution in [3.63, 3.8) is 0 Å². The van der Waals surface area contributed by atoms with Gasteiger partial charge in [0.05, 0.1) is 0 Å². The number of hydrogen-bond acceptors (Lipinski definition) is 1. The molecule has 19 heavy (non-hydrogen) atoms. The topological polar surface area (TPSA) is 17.1 Å². The molecule has 94 valence electrons. The van der Waals surface area contributed by atoms with E-state index in [1.165, 1.54) is 11.1 Å². The van der Waals surface area contributed by atoms with Crippen LogP contribution in [-0.4, -0.2) is 5.78 Å². The van der Waals surface area contributed by atoms with Crippen molar-refractivity contribution in [1.29, 1.82) is 0 Å². The Morgan fingerprint density at radius 2 is 1.95 bits per heavy atom. The summed E-state index contributed by atoms with van der Waals surface area (Å²) in [4.78, 5) is 12.6. The first-order valence-electron chi connectivity index (χ1n) is 6.59. The van der Waals surface area contributed by atoms with Crippen LogP contribution in [-0.2, 0) is 6.42 Å². The number of carbonyl (C=O) groups is 1. The maximum absolute atomic E-state index is 12.6. The Labute approximate surface area is 117 Å². The molecule has 0 aromatic heterocycles. The highest BCUT2D eigenvalue weighted by Crippen LogP contribution is 2.65. The third kappa shape index (κ3) is 1.51. The Bertz CT molecular complexity index is 691. The lowest BCUT2D eigenvalue weighted by Crippen LogP contribution is -2.12. The molecule has 1 nitrogen and oxygen atoms in total. The summed E-state index contributed by atoms with van der Waals surface area (Å²) in [5, 5.41) is 0.752. The average molecular weight is 269 g/mol. The van der Waals surface area contributed by atoms with Gasteiger partial charge in [0.15, 0.2) is 5.78 Å². The summed E-state index contributed by atoms with van der Waals surface area (Å²) in [6, 6.07) is 15.9. The highest BCUT2D eigenvalue weighted by molar-refractivity contribution is 6.30. The van der Waals surface area contributed by atoms with Crippen molar-refractivity contribution in [1.82, 2.24) is 0 Å².